The molecule has 0 bridgehead atoms. The smallest absolute Gasteiger partial charge is 0.169 e. The van der Waals surface area contributed by atoms with Gasteiger partial charge in [0.2, 0.25) is 0 Å². The van der Waals surface area contributed by atoms with Gasteiger partial charge in [-0.2, -0.15) is 0 Å². The number of hydrogen-bond acceptors (Lipinski definition) is 4. The number of halogens is 1. The Bertz CT molecular complexity index is 392. The average Bonchev–Trinajstić information content (AvgIpc) is 3.11. The molecule has 1 aromatic heterocycles. The van der Waals surface area contributed by atoms with Gasteiger partial charge in [-0.3, -0.25) is 4.90 Å². The van der Waals surface area contributed by atoms with Crippen LogP contribution < -0.4 is 5.73 Å². The van der Waals surface area contributed by atoms with Crippen LogP contribution in [0.4, 0.5) is 0 Å². The molecule has 1 saturated heterocycles. The van der Waals surface area contributed by atoms with E-state index in [9.17, 15) is 0 Å². The van der Waals surface area contributed by atoms with Crippen LogP contribution in [0, 0.1) is 0 Å². The van der Waals surface area contributed by atoms with Gasteiger partial charge in [-0.25, -0.2) is 0 Å². The minimum absolute atomic E-state index is 0.0439. The quantitative estimate of drug-likeness (QED) is 0.926. The Morgan fingerprint density at radius 2 is 2.24 bits per heavy atom. The molecule has 5 heteroatoms. The van der Waals surface area contributed by atoms with Crippen molar-refractivity contribution >= 4 is 15.9 Å². The van der Waals surface area contributed by atoms with E-state index in [1.54, 1.807) is 0 Å². The summed E-state index contributed by atoms with van der Waals surface area (Å²) in [5.41, 5.74) is 5.82. The molecule has 2 N–H and O–H groups in total. The number of nitrogens with zero attached hydrogens (tertiary/aromatic N) is 1. The molecule has 2 unspecified atom stereocenters. The molecule has 1 aromatic rings. The van der Waals surface area contributed by atoms with Crippen molar-refractivity contribution in [2.24, 2.45) is 5.73 Å². The van der Waals surface area contributed by atoms with Crippen molar-refractivity contribution in [3.63, 3.8) is 0 Å². The predicted molar refractivity (Wildman–Crippen MR) is 67.7 cm³/mol. The third-order valence-electron chi connectivity index (χ3n) is 3.52. The Labute approximate surface area is 109 Å². The highest BCUT2D eigenvalue weighted by Gasteiger charge is 2.42. The van der Waals surface area contributed by atoms with Crippen LogP contribution in [0.2, 0.25) is 0 Å². The number of furan rings is 1. The molecular weight excluding hydrogens is 284 g/mol. The lowest BCUT2D eigenvalue weighted by Gasteiger charge is -2.39. The second-order valence-corrected chi connectivity index (χ2v) is 5.48. The van der Waals surface area contributed by atoms with E-state index in [1.165, 1.54) is 12.8 Å². The maximum absolute atomic E-state index is 5.82. The van der Waals surface area contributed by atoms with Crippen LogP contribution in [0.15, 0.2) is 21.2 Å². The van der Waals surface area contributed by atoms with Crippen molar-refractivity contribution in [2.45, 2.75) is 31.0 Å². The van der Waals surface area contributed by atoms with Crippen LogP contribution in [0.3, 0.4) is 0 Å². The predicted octanol–water partition coefficient (Wildman–Crippen LogP) is 1.91. The first-order valence-corrected chi connectivity index (χ1v) is 6.91. The Hall–Kier alpha value is -0.360. The highest BCUT2D eigenvalue weighted by molar-refractivity contribution is 9.10. The third kappa shape index (κ3) is 2.29. The Morgan fingerprint density at radius 3 is 2.82 bits per heavy atom. The Kier molecular flexibility index (Phi) is 3.25. The zero-order valence-corrected chi connectivity index (χ0v) is 11.2. The summed E-state index contributed by atoms with van der Waals surface area (Å²) in [6.07, 6.45) is 2.62. The van der Waals surface area contributed by atoms with Crippen LogP contribution in [0.25, 0.3) is 0 Å². The van der Waals surface area contributed by atoms with Gasteiger partial charge in [0.25, 0.3) is 0 Å². The second kappa shape index (κ2) is 4.72. The lowest BCUT2D eigenvalue weighted by molar-refractivity contribution is -0.0777. The molecule has 1 aliphatic carbocycles. The summed E-state index contributed by atoms with van der Waals surface area (Å²) in [4.78, 5) is 2.49. The van der Waals surface area contributed by atoms with Gasteiger partial charge in [-0.15, -0.1) is 0 Å². The topological polar surface area (TPSA) is 51.6 Å². The van der Waals surface area contributed by atoms with Crippen molar-refractivity contribution in [1.82, 2.24) is 4.90 Å². The first-order chi connectivity index (χ1) is 8.29. The van der Waals surface area contributed by atoms with E-state index in [0.29, 0.717) is 12.6 Å². The van der Waals surface area contributed by atoms with E-state index in [2.05, 4.69) is 20.8 Å². The molecule has 3 rings (SSSR count). The van der Waals surface area contributed by atoms with Gasteiger partial charge < -0.3 is 14.9 Å². The van der Waals surface area contributed by atoms with E-state index in [1.807, 2.05) is 12.1 Å². The zero-order valence-electron chi connectivity index (χ0n) is 9.64. The van der Waals surface area contributed by atoms with Gasteiger partial charge in [0, 0.05) is 19.1 Å². The summed E-state index contributed by atoms with van der Waals surface area (Å²) in [7, 11) is 0. The fourth-order valence-corrected chi connectivity index (χ4v) is 2.92. The number of nitrogens with two attached hydrogens (primary N) is 1. The molecule has 2 heterocycles. The molecule has 2 fully saturated rings. The van der Waals surface area contributed by atoms with Gasteiger partial charge in [0.1, 0.15) is 5.76 Å². The molecule has 1 saturated carbocycles. The molecule has 94 valence electrons. The van der Waals surface area contributed by atoms with Gasteiger partial charge in [0.15, 0.2) is 4.67 Å². The van der Waals surface area contributed by atoms with Crippen molar-refractivity contribution in [2.75, 3.05) is 19.7 Å². The molecule has 1 aliphatic heterocycles. The summed E-state index contributed by atoms with van der Waals surface area (Å²) in [6, 6.07) is 4.82. The fourth-order valence-electron chi connectivity index (χ4n) is 2.60. The summed E-state index contributed by atoms with van der Waals surface area (Å²) in [5.74, 6) is 0.957. The number of rotatable bonds is 3. The van der Waals surface area contributed by atoms with Crippen LogP contribution in [0.1, 0.15) is 24.6 Å². The highest BCUT2D eigenvalue weighted by atomic mass is 79.9. The van der Waals surface area contributed by atoms with Crippen LogP contribution in [-0.4, -0.2) is 36.7 Å². The lowest BCUT2D eigenvalue weighted by atomic mass is 10.0. The van der Waals surface area contributed by atoms with Crippen LogP contribution >= 0.6 is 15.9 Å². The summed E-state index contributed by atoms with van der Waals surface area (Å²) < 4.78 is 12.2. The van der Waals surface area contributed by atoms with Crippen molar-refractivity contribution in [1.29, 1.82) is 0 Å². The first kappa shape index (κ1) is 11.7. The van der Waals surface area contributed by atoms with Gasteiger partial charge >= 0.3 is 0 Å². The molecule has 4 nitrogen and oxygen atoms in total. The minimum atomic E-state index is 0.0439. The monoisotopic (exact) mass is 300 g/mol. The first-order valence-electron chi connectivity index (χ1n) is 6.12. The molecule has 0 amide bonds. The maximum atomic E-state index is 5.82. The number of morpholine rings is 1. The number of ether oxygens (including phenoxy) is 1. The van der Waals surface area contributed by atoms with E-state index in [4.69, 9.17) is 14.9 Å². The van der Waals surface area contributed by atoms with E-state index in [0.717, 1.165) is 23.6 Å². The Morgan fingerprint density at radius 1 is 1.41 bits per heavy atom. The molecule has 0 aromatic carbocycles. The normalized spacial score (nSPS) is 30.7. The standard InChI is InChI=1S/C12H17BrN2O2/c13-11-4-3-9(17-11)12-10(7-14)16-6-5-15(12)8-1-2-8/h3-4,8,10,12H,1-2,5-7,14H2. The van der Waals surface area contributed by atoms with Crippen molar-refractivity contribution in [3.05, 3.63) is 22.6 Å². The summed E-state index contributed by atoms with van der Waals surface area (Å²) >= 11 is 3.36. The number of hydrogen-bond donors (Lipinski definition) is 1. The van der Waals surface area contributed by atoms with Gasteiger partial charge in [0.05, 0.1) is 18.8 Å². The van der Waals surface area contributed by atoms with E-state index >= 15 is 0 Å². The largest absolute Gasteiger partial charge is 0.453 e. The summed E-state index contributed by atoms with van der Waals surface area (Å²) in [5, 5.41) is 0. The SMILES string of the molecule is NCC1OCCN(C2CC2)C1c1ccc(Br)o1. The van der Waals surface area contributed by atoms with Crippen LogP contribution in [0.5, 0.6) is 0 Å². The molecule has 2 aliphatic rings. The molecule has 17 heavy (non-hydrogen) atoms. The minimum Gasteiger partial charge on any atom is -0.453 e. The average molecular weight is 301 g/mol. The lowest BCUT2D eigenvalue weighted by Crippen LogP contribution is -2.48. The third-order valence-corrected chi connectivity index (χ3v) is 3.95. The van der Waals surface area contributed by atoms with Crippen molar-refractivity contribution in [3.8, 4) is 0 Å². The van der Waals surface area contributed by atoms with E-state index in [-0.39, 0.29) is 12.1 Å². The molecule has 0 spiro atoms. The summed E-state index contributed by atoms with van der Waals surface area (Å²) in [6.45, 7) is 2.28. The van der Waals surface area contributed by atoms with E-state index < -0.39 is 0 Å². The molecular formula is C12H17BrN2O2. The Balaban J connectivity index is 1.88. The molecule has 2 atom stereocenters. The maximum Gasteiger partial charge on any atom is 0.169 e. The van der Waals surface area contributed by atoms with Gasteiger partial charge in [-0.1, -0.05) is 0 Å². The second-order valence-electron chi connectivity index (χ2n) is 4.70. The zero-order chi connectivity index (χ0) is 11.8. The van der Waals surface area contributed by atoms with Crippen LogP contribution in [-0.2, 0) is 4.74 Å². The van der Waals surface area contributed by atoms with Gasteiger partial charge in [-0.05, 0) is 40.9 Å². The van der Waals surface area contributed by atoms with Crippen molar-refractivity contribution < 1.29 is 9.15 Å². The highest BCUT2D eigenvalue weighted by Crippen LogP contribution is 2.39. The molecule has 0 radical (unpaired) electrons. The fraction of sp³-hybridized carbons (Fsp3) is 0.667.